The fraction of sp³-hybridized carbons (Fsp3) is 0.471. The van der Waals surface area contributed by atoms with Gasteiger partial charge in [0.25, 0.3) is 5.91 Å². The minimum atomic E-state index is -0.934. The van der Waals surface area contributed by atoms with E-state index >= 15 is 0 Å². The molecule has 0 saturated heterocycles. The number of amides is 2. The van der Waals surface area contributed by atoms with Crippen LogP contribution in [0, 0.1) is 5.82 Å². The first-order chi connectivity index (χ1) is 11.2. The molecule has 130 valence electrons. The van der Waals surface area contributed by atoms with Gasteiger partial charge >= 0.3 is 0 Å². The lowest BCUT2D eigenvalue weighted by Gasteiger charge is -2.21. The lowest BCUT2D eigenvalue weighted by molar-refractivity contribution is -0.126. The third-order valence-electron chi connectivity index (χ3n) is 3.64. The highest BCUT2D eigenvalue weighted by Crippen LogP contribution is 2.36. The molecule has 1 aliphatic heterocycles. The van der Waals surface area contributed by atoms with E-state index in [0.29, 0.717) is 10.7 Å². The second kappa shape index (κ2) is 7.34. The molecule has 7 heteroatoms. The summed E-state index contributed by atoms with van der Waals surface area (Å²) in [5, 5.41) is 6.25. The van der Waals surface area contributed by atoms with E-state index in [0.717, 1.165) is 0 Å². The number of hydrogen-bond donors (Lipinski definition) is 2. The Morgan fingerprint density at radius 1 is 1.33 bits per heavy atom. The number of amidine groups is 1. The molecule has 5 nitrogen and oxygen atoms in total. The largest absolute Gasteiger partial charge is 0.358 e. The van der Waals surface area contributed by atoms with E-state index < -0.39 is 4.75 Å². The van der Waals surface area contributed by atoms with Gasteiger partial charge in [-0.1, -0.05) is 30.0 Å². The summed E-state index contributed by atoms with van der Waals surface area (Å²) in [6.07, 6.45) is 0.0530. The highest BCUT2D eigenvalue weighted by atomic mass is 32.2. The molecule has 0 aromatic heterocycles. The second-order valence-electron chi connectivity index (χ2n) is 6.34. The van der Waals surface area contributed by atoms with Crippen LogP contribution >= 0.6 is 11.8 Å². The summed E-state index contributed by atoms with van der Waals surface area (Å²) in [5.41, 5.74) is 0.499. The first kappa shape index (κ1) is 18.4. The van der Waals surface area contributed by atoms with Crippen LogP contribution < -0.4 is 10.6 Å². The number of aliphatic imine (C=N–C) groups is 1. The van der Waals surface area contributed by atoms with Crippen LogP contribution in [0.25, 0.3) is 0 Å². The zero-order valence-electron chi connectivity index (χ0n) is 14.2. The van der Waals surface area contributed by atoms with Gasteiger partial charge in [-0.05, 0) is 33.8 Å². The van der Waals surface area contributed by atoms with Crippen molar-refractivity contribution in [1.29, 1.82) is 0 Å². The Bertz CT molecular complexity index is 678. The van der Waals surface area contributed by atoms with Crippen LogP contribution in [-0.2, 0) is 9.59 Å². The number of halogens is 1. The SMILES string of the molecule is CC(C)NC(=O)CC1(C)SC(N[C@@H](C)c2ccccc2F)=NC1=O. The van der Waals surface area contributed by atoms with Gasteiger partial charge in [0.05, 0.1) is 12.5 Å². The van der Waals surface area contributed by atoms with E-state index in [1.165, 1.54) is 17.8 Å². The molecule has 1 aromatic carbocycles. The fourth-order valence-corrected chi connectivity index (χ4v) is 3.56. The Hall–Kier alpha value is -1.89. The van der Waals surface area contributed by atoms with Gasteiger partial charge in [-0.3, -0.25) is 9.59 Å². The zero-order chi connectivity index (χ0) is 17.9. The van der Waals surface area contributed by atoms with Crippen LogP contribution in [0.4, 0.5) is 4.39 Å². The van der Waals surface area contributed by atoms with Gasteiger partial charge in [0.1, 0.15) is 10.6 Å². The molecule has 0 saturated carbocycles. The number of nitrogens with one attached hydrogen (secondary N) is 2. The molecule has 0 bridgehead atoms. The van der Waals surface area contributed by atoms with Crippen molar-refractivity contribution < 1.29 is 14.0 Å². The number of nitrogens with zero attached hydrogens (tertiary/aromatic N) is 1. The minimum Gasteiger partial charge on any atom is -0.358 e. The maximum atomic E-state index is 13.8. The average Bonchev–Trinajstić information content (AvgIpc) is 2.72. The molecule has 2 rings (SSSR count). The molecule has 24 heavy (non-hydrogen) atoms. The molecule has 1 heterocycles. The third kappa shape index (κ3) is 4.35. The van der Waals surface area contributed by atoms with E-state index in [4.69, 9.17) is 0 Å². The van der Waals surface area contributed by atoms with Crippen LogP contribution in [0.1, 0.15) is 45.7 Å². The first-order valence-corrected chi connectivity index (χ1v) is 8.65. The number of thioether (sulfide) groups is 1. The van der Waals surface area contributed by atoms with Gasteiger partial charge in [-0.2, -0.15) is 4.99 Å². The van der Waals surface area contributed by atoms with Crippen LogP contribution in [-0.4, -0.2) is 27.8 Å². The number of hydrogen-bond acceptors (Lipinski definition) is 4. The Balaban J connectivity index is 2.02. The summed E-state index contributed by atoms with van der Waals surface area (Å²) < 4.78 is 12.9. The predicted molar refractivity (Wildman–Crippen MR) is 94.3 cm³/mol. The molecule has 1 aliphatic rings. The Labute approximate surface area is 145 Å². The van der Waals surface area contributed by atoms with Crippen molar-refractivity contribution in [3.05, 3.63) is 35.6 Å². The summed E-state index contributed by atoms with van der Waals surface area (Å²) in [5.74, 6) is -0.854. The predicted octanol–water partition coefficient (Wildman–Crippen LogP) is 2.78. The molecule has 1 unspecified atom stereocenters. The van der Waals surface area contributed by atoms with E-state index in [9.17, 15) is 14.0 Å². The van der Waals surface area contributed by atoms with Gasteiger partial charge in [0, 0.05) is 11.6 Å². The normalized spacial score (nSPS) is 21.6. The maximum Gasteiger partial charge on any atom is 0.265 e. The lowest BCUT2D eigenvalue weighted by Crippen LogP contribution is -2.38. The molecule has 2 amide bonds. The summed E-state index contributed by atoms with van der Waals surface area (Å²) in [6, 6.07) is 6.14. The molecule has 0 spiro atoms. The quantitative estimate of drug-likeness (QED) is 0.856. The van der Waals surface area contributed by atoms with Gasteiger partial charge in [-0.25, -0.2) is 4.39 Å². The summed E-state index contributed by atoms with van der Waals surface area (Å²) in [6.45, 7) is 7.23. The fourth-order valence-electron chi connectivity index (χ4n) is 2.43. The zero-order valence-corrected chi connectivity index (χ0v) is 15.0. The molecular formula is C17H22FN3O2S. The van der Waals surface area contributed by atoms with E-state index in [1.54, 1.807) is 32.0 Å². The van der Waals surface area contributed by atoms with E-state index in [2.05, 4.69) is 15.6 Å². The molecule has 2 atom stereocenters. The van der Waals surface area contributed by atoms with Crippen molar-refractivity contribution in [2.24, 2.45) is 4.99 Å². The smallest absolute Gasteiger partial charge is 0.265 e. The topological polar surface area (TPSA) is 70.6 Å². The Morgan fingerprint density at radius 3 is 2.62 bits per heavy atom. The molecule has 0 radical (unpaired) electrons. The van der Waals surface area contributed by atoms with E-state index in [1.807, 2.05) is 13.8 Å². The lowest BCUT2D eigenvalue weighted by atomic mass is 10.1. The van der Waals surface area contributed by atoms with Gasteiger partial charge in [0.15, 0.2) is 5.17 Å². The Morgan fingerprint density at radius 2 is 2.00 bits per heavy atom. The van der Waals surface area contributed by atoms with E-state index in [-0.39, 0.29) is 36.1 Å². The van der Waals surface area contributed by atoms with Crippen molar-refractivity contribution in [3.8, 4) is 0 Å². The van der Waals surface area contributed by atoms with Gasteiger partial charge < -0.3 is 10.6 Å². The number of rotatable bonds is 5. The number of carbonyl (C=O) groups excluding carboxylic acids is 2. The Kier molecular flexibility index (Phi) is 5.64. The highest BCUT2D eigenvalue weighted by molar-refractivity contribution is 8.16. The van der Waals surface area contributed by atoms with Crippen LogP contribution in [0.2, 0.25) is 0 Å². The van der Waals surface area contributed by atoms with Crippen molar-refractivity contribution in [2.75, 3.05) is 0 Å². The maximum absolute atomic E-state index is 13.8. The summed E-state index contributed by atoms with van der Waals surface area (Å²) in [4.78, 5) is 28.2. The molecule has 0 fully saturated rings. The highest BCUT2D eigenvalue weighted by Gasteiger charge is 2.43. The van der Waals surface area contributed by atoms with Crippen molar-refractivity contribution in [3.63, 3.8) is 0 Å². The third-order valence-corrected chi connectivity index (χ3v) is 4.81. The van der Waals surface area contributed by atoms with Crippen molar-refractivity contribution >= 4 is 28.7 Å². The summed E-state index contributed by atoms with van der Waals surface area (Å²) in [7, 11) is 0. The van der Waals surface area contributed by atoms with Crippen LogP contribution in [0.15, 0.2) is 29.3 Å². The minimum absolute atomic E-state index is 0.0159. The van der Waals surface area contributed by atoms with Crippen molar-refractivity contribution in [1.82, 2.24) is 10.6 Å². The summed E-state index contributed by atoms with van der Waals surface area (Å²) >= 11 is 1.21. The van der Waals surface area contributed by atoms with Crippen LogP contribution in [0.5, 0.6) is 0 Å². The monoisotopic (exact) mass is 351 g/mol. The molecular weight excluding hydrogens is 329 g/mol. The molecule has 0 aliphatic carbocycles. The van der Waals surface area contributed by atoms with Crippen molar-refractivity contribution in [2.45, 2.75) is 50.9 Å². The average molecular weight is 351 g/mol. The first-order valence-electron chi connectivity index (χ1n) is 7.84. The van der Waals surface area contributed by atoms with Gasteiger partial charge in [-0.15, -0.1) is 0 Å². The van der Waals surface area contributed by atoms with Gasteiger partial charge in [0.2, 0.25) is 5.91 Å². The molecule has 2 N–H and O–H groups in total. The second-order valence-corrected chi connectivity index (χ2v) is 7.83. The number of benzene rings is 1. The van der Waals surface area contributed by atoms with Crippen LogP contribution in [0.3, 0.4) is 0 Å². The standard InChI is InChI=1S/C17H22FN3O2S/c1-10(2)19-14(22)9-17(4)15(23)21-16(24-17)20-11(3)12-7-5-6-8-13(12)18/h5-8,10-11H,9H2,1-4H3,(H,19,22)(H,20,21,23)/t11-,17?/m0/s1. The molecule has 1 aromatic rings. The number of carbonyl (C=O) groups is 2.